The Hall–Kier alpha value is -0.550. The van der Waals surface area contributed by atoms with E-state index in [1.807, 2.05) is 13.8 Å². The van der Waals surface area contributed by atoms with E-state index in [4.69, 9.17) is 5.26 Å². The van der Waals surface area contributed by atoms with Gasteiger partial charge in [0.1, 0.15) is 0 Å². The summed E-state index contributed by atoms with van der Waals surface area (Å²) in [7, 11) is 0. The molecule has 0 atom stereocenters. The molecule has 1 rings (SSSR count). The van der Waals surface area contributed by atoms with Crippen LogP contribution in [0.1, 0.15) is 27.8 Å². The average Bonchev–Trinajstić information content (AvgIpc) is 2.24. The summed E-state index contributed by atoms with van der Waals surface area (Å²) in [4.78, 5) is 1.00. The highest BCUT2D eigenvalue weighted by atomic mass is 32.2. The molecule has 4 heteroatoms. The van der Waals surface area contributed by atoms with E-state index in [1.165, 1.54) is 16.7 Å². The first-order valence-electron chi connectivity index (χ1n) is 4.72. The van der Waals surface area contributed by atoms with Crippen LogP contribution in [-0.4, -0.2) is 5.26 Å². The topological polar surface area (TPSA) is 38.7 Å². The highest BCUT2D eigenvalue weighted by Gasteiger charge is 2.13. The Morgan fingerprint density at radius 2 is 1.20 bits per heavy atom. The molecule has 3 nitrogen and oxygen atoms in total. The quantitative estimate of drug-likeness (QED) is 0.487. The first kappa shape index (κ1) is 12.5. The molecule has 0 aliphatic heterocycles. The van der Waals surface area contributed by atoms with Crippen LogP contribution < -0.4 is 0 Å². The highest BCUT2D eigenvalue weighted by Crippen LogP contribution is 2.33. The first-order chi connectivity index (χ1) is 7.00. The van der Waals surface area contributed by atoms with Crippen LogP contribution in [0, 0.1) is 34.6 Å². The monoisotopic (exact) mass is 228 g/mol. The predicted octanol–water partition coefficient (Wildman–Crippen LogP) is 3.66. The van der Waals surface area contributed by atoms with Gasteiger partial charge in [-0.3, -0.25) is 0 Å². The molecule has 0 aromatic heterocycles. The summed E-state index contributed by atoms with van der Waals surface area (Å²) >= 11 is 1.04. The minimum absolute atomic E-state index is 1.00. The molecule has 0 aliphatic carbocycles. The molecule has 1 N–H and O–H groups in total. The molecule has 0 unspecified atom stereocenters. The van der Waals surface area contributed by atoms with Crippen LogP contribution >= 0.6 is 12.0 Å². The summed E-state index contributed by atoms with van der Waals surface area (Å²) in [6.45, 7) is 10.4. The van der Waals surface area contributed by atoms with Crippen molar-refractivity contribution in [1.82, 2.24) is 0 Å². The molecule has 0 bridgehead atoms. The van der Waals surface area contributed by atoms with Crippen molar-refractivity contribution >= 4 is 12.0 Å². The van der Waals surface area contributed by atoms with Gasteiger partial charge in [0, 0.05) is 4.90 Å². The molecule has 1 aromatic carbocycles. The third-order valence-electron chi connectivity index (χ3n) is 3.08. The molecular weight excluding hydrogens is 212 g/mol. The molecule has 0 fully saturated rings. The lowest BCUT2D eigenvalue weighted by molar-refractivity contribution is -0.432. The summed E-state index contributed by atoms with van der Waals surface area (Å²) in [5.74, 6) is 0. The Bertz CT molecular complexity index is 346. The zero-order chi connectivity index (χ0) is 11.6. The molecule has 0 aliphatic rings. The SMILES string of the molecule is Cc1c(C)c(C)c(SOOO)c(C)c1C. The Labute approximate surface area is 94.5 Å². The fourth-order valence-electron chi connectivity index (χ4n) is 1.64. The van der Waals surface area contributed by atoms with Crippen molar-refractivity contribution in [1.29, 1.82) is 0 Å². The van der Waals surface area contributed by atoms with E-state index in [1.54, 1.807) is 0 Å². The van der Waals surface area contributed by atoms with E-state index in [9.17, 15) is 0 Å². The van der Waals surface area contributed by atoms with E-state index in [0.29, 0.717) is 0 Å². The van der Waals surface area contributed by atoms with Crippen molar-refractivity contribution in [2.45, 2.75) is 39.5 Å². The molecule has 84 valence electrons. The molecule has 0 amide bonds. The lowest BCUT2D eigenvalue weighted by Gasteiger charge is -2.16. The van der Waals surface area contributed by atoms with E-state index in [2.05, 4.69) is 30.1 Å². The van der Waals surface area contributed by atoms with E-state index in [0.717, 1.165) is 28.1 Å². The van der Waals surface area contributed by atoms with Crippen molar-refractivity contribution < 1.29 is 14.6 Å². The van der Waals surface area contributed by atoms with E-state index < -0.39 is 0 Å². The Balaban J connectivity index is 3.26. The number of hydrogen-bond acceptors (Lipinski definition) is 4. The zero-order valence-electron chi connectivity index (χ0n) is 9.67. The van der Waals surface area contributed by atoms with Crippen LogP contribution in [0.15, 0.2) is 4.90 Å². The first-order valence-corrected chi connectivity index (χ1v) is 5.46. The Kier molecular flexibility index (Phi) is 4.16. The van der Waals surface area contributed by atoms with Crippen molar-refractivity contribution in [2.75, 3.05) is 0 Å². The second-order valence-electron chi connectivity index (χ2n) is 3.68. The predicted molar refractivity (Wildman–Crippen MR) is 60.8 cm³/mol. The van der Waals surface area contributed by atoms with Crippen LogP contribution in [0.3, 0.4) is 0 Å². The van der Waals surface area contributed by atoms with Crippen molar-refractivity contribution in [3.63, 3.8) is 0 Å². The lowest BCUT2D eigenvalue weighted by Crippen LogP contribution is -1.98. The summed E-state index contributed by atoms with van der Waals surface area (Å²) in [5, 5.41) is 11.8. The van der Waals surface area contributed by atoms with Gasteiger partial charge in [0.05, 0.1) is 12.0 Å². The molecule has 0 saturated carbocycles. The second-order valence-corrected chi connectivity index (χ2v) is 4.39. The molecule has 15 heavy (non-hydrogen) atoms. The molecular formula is C11H16O3S. The van der Waals surface area contributed by atoms with Gasteiger partial charge >= 0.3 is 0 Å². The van der Waals surface area contributed by atoms with E-state index >= 15 is 0 Å². The zero-order valence-corrected chi connectivity index (χ0v) is 10.5. The van der Waals surface area contributed by atoms with Gasteiger partial charge in [-0.1, -0.05) is 5.04 Å². The normalized spacial score (nSPS) is 10.8. The van der Waals surface area contributed by atoms with Crippen LogP contribution in [0.5, 0.6) is 0 Å². The maximum Gasteiger partial charge on any atom is 0.0720 e. The average molecular weight is 228 g/mol. The second kappa shape index (κ2) is 4.99. The van der Waals surface area contributed by atoms with Crippen LogP contribution in [0.2, 0.25) is 0 Å². The van der Waals surface area contributed by atoms with Gasteiger partial charge in [-0.05, 0) is 62.4 Å². The largest absolute Gasteiger partial charge is 0.220 e. The summed E-state index contributed by atoms with van der Waals surface area (Å²) < 4.78 is 4.50. The lowest BCUT2D eigenvalue weighted by atomic mass is 9.95. The summed E-state index contributed by atoms with van der Waals surface area (Å²) in [6, 6.07) is 0. The Morgan fingerprint density at radius 3 is 1.60 bits per heavy atom. The molecule has 0 radical (unpaired) electrons. The third kappa shape index (κ3) is 2.34. The maximum absolute atomic E-state index is 8.16. The van der Waals surface area contributed by atoms with Crippen LogP contribution in [0.4, 0.5) is 0 Å². The van der Waals surface area contributed by atoms with Crippen molar-refractivity contribution in [3.05, 3.63) is 27.8 Å². The summed E-state index contributed by atoms with van der Waals surface area (Å²) in [5.41, 5.74) is 6.14. The van der Waals surface area contributed by atoms with Gasteiger partial charge in [-0.25, -0.2) is 5.26 Å². The number of benzene rings is 1. The van der Waals surface area contributed by atoms with Gasteiger partial charge < -0.3 is 0 Å². The van der Waals surface area contributed by atoms with Gasteiger partial charge in [-0.2, -0.15) is 0 Å². The molecule has 0 spiro atoms. The molecule has 0 heterocycles. The third-order valence-corrected chi connectivity index (χ3v) is 3.99. The van der Waals surface area contributed by atoms with Gasteiger partial charge in [-0.15, -0.1) is 4.33 Å². The van der Waals surface area contributed by atoms with Gasteiger partial charge in [0.15, 0.2) is 0 Å². The van der Waals surface area contributed by atoms with Crippen LogP contribution in [0.25, 0.3) is 0 Å². The van der Waals surface area contributed by atoms with E-state index in [-0.39, 0.29) is 0 Å². The van der Waals surface area contributed by atoms with Crippen LogP contribution in [-0.2, 0) is 9.37 Å². The van der Waals surface area contributed by atoms with Gasteiger partial charge in [0.2, 0.25) is 0 Å². The fourth-order valence-corrected chi connectivity index (χ4v) is 2.29. The fraction of sp³-hybridized carbons (Fsp3) is 0.455. The highest BCUT2D eigenvalue weighted by molar-refractivity contribution is 7.94. The van der Waals surface area contributed by atoms with Crippen molar-refractivity contribution in [2.24, 2.45) is 0 Å². The number of hydrogen-bond donors (Lipinski definition) is 1. The standard InChI is InChI=1S/C11H16O3S/c1-6-7(2)9(4)11(15-14-13-12)10(5)8(6)3/h12H,1-5H3. The number of rotatable bonds is 3. The maximum atomic E-state index is 8.16. The Morgan fingerprint density at radius 1 is 0.800 bits per heavy atom. The molecule has 0 saturated heterocycles. The minimum Gasteiger partial charge on any atom is -0.220 e. The van der Waals surface area contributed by atoms with Gasteiger partial charge in [0.25, 0.3) is 0 Å². The molecule has 1 aromatic rings. The minimum atomic E-state index is 1.00. The summed E-state index contributed by atoms with van der Waals surface area (Å²) in [6.07, 6.45) is 0. The van der Waals surface area contributed by atoms with Crippen molar-refractivity contribution in [3.8, 4) is 0 Å². The smallest absolute Gasteiger partial charge is 0.0720 e.